The van der Waals surface area contributed by atoms with E-state index in [1.165, 1.54) is 12.1 Å². The Kier molecular flexibility index (Phi) is 4.68. The molecule has 0 bridgehead atoms. The number of hydrogen-bond donors (Lipinski definition) is 0. The van der Waals surface area contributed by atoms with Crippen LogP contribution in [0.25, 0.3) is 11.1 Å². The zero-order valence-electron chi connectivity index (χ0n) is 13.3. The molecule has 2 aromatic rings. The summed E-state index contributed by atoms with van der Waals surface area (Å²) in [6.07, 6.45) is 9.57. The van der Waals surface area contributed by atoms with Crippen molar-refractivity contribution >= 4 is 16.8 Å². The van der Waals surface area contributed by atoms with Crippen LogP contribution in [0.5, 0.6) is 0 Å². The molecule has 2 aromatic carbocycles. The number of nitro benzene ring substituents is 1. The van der Waals surface area contributed by atoms with Gasteiger partial charge in [-0.2, -0.15) is 5.26 Å². The van der Waals surface area contributed by atoms with Crippen LogP contribution in [-0.2, 0) is 0 Å². The van der Waals surface area contributed by atoms with E-state index in [2.05, 4.69) is 6.07 Å². The topological polar surface area (TPSA) is 66.9 Å². The van der Waals surface area contributed by atoms with Crippen molar-refractivity contribution in [1.29, 1.82) is 5.26 Å². The molecule has 0 amide bonds. The molecule has 1 aliphatic rings. The smallest absolute Gasteiger partial charge is 0.258 e. The molecule has 0 N–H and O–H groups in total. The summed E-state index contributed by atoms with van der Waals surface area (Å²) in [5.74, 6) is 0. The Morgan fingerprint density at radius 2 is 1.68 bits per heavy atom. The highest BCUT2D eigenvalue weighted by Crippen LogP contribution is 2.32. The SMILES string of the molecule is N#C/C(=C1\C=CC=CC=C1c1ccccc1)c1ccc([N+](=O)[O-])cc1. The van der Waals surface area contributed by atoms with Gasteiger partial charge in [0.1, 0.15) is 6.07 Å². The lowest BCUT2D eigenvalue weighted by atomic mass is 9.91. The van der Waals surface area contributed by atoms with Crippen LogP contribution >= 0.6 is 0 Å². The van der Waals surface area contributed by atoms with Gasteiger partial charge in [0, 0.05) is 17.7 Å². The largest absolute Gasteiger partial charge is 0.269 e. The summed E-state index contributed by atoms with van der Waals surface area (Å²) in [5.41, 5.74) is 3.85. The molecule has 0 heterocycles. The number of allylic oxidation sites excluding steroid dienone is 8. The number of benzene rings is 2. The molecule has 0 aromatic heterocycles. The summed E-state index contributed by atoms with van der Waals surface area (Å²) >= 11 is 0. The molecule has 0 spiro atoms. The van der Waals surface area contributed by atoms with E-state index in [9.17, 15) is 15.4 Å². The molecule has 0 saturated heterocycles. The highest BCUT2D eigenvalue weighted by molar-refractivity contribution is 5.97. The van der Waals surface area contributed by atoms with Gasteiger partial charge in [-0.3, -0.25) is 10.1 Å². The number of nitrogens with zero attached hydrogens (tertiary/aromatic N) is 2. The molecule has 0 saturated carbocycles. The molecule has 4 nitrogen and oxygen atoms in total. The lowest BCUT2D eigenvalue weighted by Gasteiger charge is -2.11. The molecule has 3 rings (SSSR count). The van der Waals surface area contributed by atoms with Crippen LogP contribution in [-0.4, -0.2) is 4.92 Å². The van der Waals surface area contributed by atoms with Crippen molar-refractivity contribution in [1.82, 2.24) is 0 Å². The van der Waals surface area contributed by atoms with E-state index in [0.29, 0.717) is 11.1 Å². The summed E-state index contributed by atoms with van der Waals surface area (Å²) in [5, 5.41) is 20.6. The van der Waals surface area contributed by atoms with Crippen LogP contribution in [0.2, 0.25) is 0 Å². The van der Waals surface area contributed by atoms with Crippen molar-refractivity contribution < 1.29 is 4.92 Å². The second-order valence-electron chi connectivity index (χ2n) is 5.39. The van der Waals surface area contributed by atoms with Gasteiger partial charge in [-0.15, -0.1) is 0 Å². The third-order valence-electron chi connectivity index (χ3n) is 3.87. The predicted octanol–water partition coefficient (Wildman–Crippen LogP) is 5.08. The first-order valence-electron chi connectivity index (χ1n) is 7.71. The van der Waals surface area contributed by atoms with Crippen LogP contribution < -0.4 is 0 Å². The Balaban J connectivity index is 2.16. The summed E-state index contributed by atoms with van der Waals surface area (Å²) in [6.45, 7) is 0. The van der Waals surface area contributed by atoms with Gasteiger partial charge >= 0.3 is 0 Å². The molecule has 25 heavy (non-hydrogen) atoms. The summed E-state index contributed by atoms with van der Waals surface area (Å²) in [7, 11) is 0. The van der Waals surface area contributed by atoms with Gasteiger partial charge in [0.25, 0.3) is 5.69 Å². The van der Waals surface area contributed by atoms with Gasteiger partial charge in [0.05, 0.1) is 10.5 Å². The molecule has 0 fully saturated rings. The van der Waals surface area contributed by atoms with Crippen LogP contribution in [0, 0.1) is 21.4 Å². The van der Waals surface area contributed by atoms with Gasteiger partial charge in [0.15, 0.2) is 0 Å². The van der Waals surface area contributed by atoms with Crippen molar-refractivity contribution in [3.63, 3.8) is 0 Å². The minimum atomic E-state index is -0.451. The Morgan fingerprint density at radius 3 is 2.32 bits per heavy atom. The molecule has 0 aliphatic heterocycles. The normalized spacial score (nSPS) is 15.1. The molecule has 0 unspecified atom stereocenters. The van der Waals surface area contributed by atoms with Crippen molar-refractivity contribution in [2.75, 3.05) is 0 Å². The Hall–Kier alpha value is -3.71. The van der Waals surface area contributed by atoms with Crippen molar-refractivity contribution in [2.45, 2.75) is 0 Å². The number of hydrogen-bond acceptors (Lipinski definition) is 3. The van der Waals surface area contributed by atoms with Gasteiger partial charge < -0.3 is 0 Å². The molecular formula is C21H14N2O2. The van der Waals surface area contributed by atoms with Crippen molar-refractivity contribution in [3.05, 3.63) is 112 Å². The first kappa shape index (κ1) is 16.2. The van der Waals surface area contributed by atoms with E-state index >= 15 is 0 Å². The van der Waals surface area contributed by atoms with Crippen molar-refractivity contribution in [3.8, 4) is 6.07 Å². The summed E-state index contributed by atoms with van der Waals surface area (Å²) in [4.78, 5) is 10.4. The van der Waals surface area contributed by atoms with Crippen molar-refractivity contribution in [2.24, 2.45) is 0 Å². The minimum absolute atomic E-state index is 0.00272. The number of nitro groups is 1. The first-order valence-corrected chi connectivity index (χ1v) is 7.71. The molecule has 120 valence electrons. The monoisotopic (exact) mass is 326 g/mol. The predicted molar refractivity (Wildman–Crippen MR) is 98.3 cm³/mol. The fourth-order valence-corrected chi connectivity index (χ4v) is 2.66. The third-order valence-corrected chi connectivity index (χ3v) is 3.87. The maximum Gasteiger partial charge on any atom is 0.269 e. The average molecular weight is 326 g/mol. The van der Waals surface area contributed by atoms with E-state index in [1.54, 1.807) is 12.1 Å². The standard InChI is InChI=1S/C21H14N2O2/c22-15-21(17-11-13-18(14-12-17)23(24)25)20-10-6-2-5-9-19(20)16-7-3-1-4-8-16/h1-14H/b21-20-. The van der Waals surface area contributed by atoms with Crippen LogP contribution in [0.1, 0.15) is 11.1 Å². The number of nitriles is 1. The van der Waals surface area contributed by atoms with Crippen LogP contribution in [0.4, 0.5) is 5.69 Å². The van der Waals surface area contributed by atoms with E-state index in [4.69, 9.17) is 0 Å². The van der Waals surface area contributed by atoms with Gasteiger partial charge in [-0.25, -0.2) is 0 Å². The highest BCUT2D eigenvalue weighted by atomic mass is 16.6. The second-order valence-corrected chi connectivity index (χ2v) is 5.39. The fraction of sp³-hybridized carbons (Fsp3) is 0. The van der Waals surface area contributed by atoms with E-state index in [-0.39, 0.29) is 5.69 Å². The summed E-state index contributed by atoms with van der Waals surface area (Å²) in [6, 6.07) is 18.1. The Bertz CT molecular complexity index is 957. The molecule has 0 radical (unpaired) electrons. The molecule has 1 aliphatic carbocycles. The van der Waals surface area contributed by atoms with Crippen LogP contribution in [0.15, 0.2) is 90.6 Å². The van der Waals surface area contributed by atoms with Gasteiger partial charge in [0.2, 0.25) is 0 Å². The Morgan fingerprint density at radius 1 is 0.960 bits per heavy atom. The minimum Gasteiger partial charge on any atom is -0.258 e. The fourth-order valence-electron chi connectivity index (χ4n) is 2.66. The zero-order valence-corrected chi connectivity index (χ0v) is 13.3. The molecule has 4 heteroatoms. The molecule has 0 atom stereocenters. The van der Waals surface area contributed by atoms with Gasteiger partial charge in [-0.05, 0) is 28.8 Å². The first-order chi connectivity index (χ1) is 12.2. The second kappa shape index (κ2) is 7.24. The number of non-ortho nitro benzene ring substituents is 1. The highest BCUT2D eigenvalue weighted by Gasteiger charge is 2.15. The third kappa shape index (κ3) is 3.46. The van der Waals surface area contributed by atoms with Crippen LogP contribution in [0.3, 0.4) is 0 Å². The lowest BCUT2D eigenvalue weighted by molar-refractivity contribution is -0.384. The lowest BCUT2D eigenvalue weighted by Crippen LogP contribution is -1.94. The van der Waals surface area contributed by atoms with E-state index in [0.717, 1.165) is 16.7 Å². The van der Waals surface area contributed by atoms with E-state index in [1.807, 2.05) is 60.7 Å². The quantitative estimate of drug-likeness (QED) is 0.448. The summed E-state index contributed by atoms with van der Waals surface area (Å²) < 4.78 is 0. The maximum atomic E-state index is 10.8. The van der Waals surface area contributed by atoms with E-state index < -0.39 is 4.92 Å². The van der Waals surface area contributed by atoms with Gasteiger partial charge in [-0.1, -0.05) is 60.7 Å². The number of rotatable bonds is 3. The maximum absolute atomic E-state index is 10.8. The molecular weight excluding hydrogens is 312 g/mol. The Labute approximate surface area is 145 Å². The average Bonchev–Trinajstić information content (AvgIpc) is 2.90. The zero-order chi connectivity index (χ0) is 17.6.